The van der Waals surface area contributed by atoms with Crippen LogP contribution in [0.5, 0.6) is 0 Å². The molecule has 3 heterocycles. The number of fused-ring (bicyclic) bond motifs is 1. The Balaban J connectivity index is 2.03. The molecule has 0 unspecified atom stereocenters. The lowest BCUT2D eigenvalue weighted by atomic mass is 10.1. The van der Waals surface area contributed by atoms with Crippen LogP contribution in [-0.2, 0) is 11.3 Å². The predicted molar refractivity (Wildman–Crippen MR) is 73.7 cm³/mol. The largest absolute Gasteiger partial charge is 0.333 e. The maximum absolute atomic E-state index is 12.4. The molecule has 2 aromatic heterocycles. The van der Waals surface area contributed by atoms with Gasteiger partial charge in [0.05, 0.1) is 6.54 Å². The highest BCUT2D eigenvalue weighted by molar-refractivity contribution is 5.82. The topological polar surface area (TPSA) is 63.9 Å². The molecule has 0 fully saturated rings. The third kappa shape index (κ3) is 1.97. The van der Waals surface area contributed by atoms with E-state index in [4.69, 9.17) is 0 Å². The Hall–Kier alpha value is -2.24. The fraction of sp³-hybridized carbons (Fsp3) is 0.429. The monoisotopic (exact) mass is 271 g/mol. The van der Waals surface area contributed by atoms with Gasteiger partial charge in [-0.2, -0.15) is 0 Å². The zero-order valence-corrected chi connectivity index (χ0v) is 11.7. The molecular weight excluding hydrogens is 254 g/mol. The van der Waals surface area contributed by atoms with E-state index >= 15 is 0 Å². The molecule has 0 aromatic carbocycles. The van der Waals surface area contributed by atoms with Crippen molar-refractivity contribution in [1.29, 1.82) is 0 Å². The molecule has 104 valence electrons. The van der Waals surface area contributed by atoms with E-state index in [-0.39, 0.29) is 11.9 Å². The average molecular weight is 271 g/mol. The second-order valence-electron chi connectivity index (χ2n) is 4.98. The van der Waals surface area contributed by atoms with Crippen molar-refractivity contribution in [3.05, 3.63) is 30.4 Å². The van der Waals surface area contributed by atoms with Crippen molar-refractivity contribution in [2.75, 3.05) is 6.54 Å². The molecule has 0 N–H and O–H groups in total. The highest BCUT2D eigenvalue weighted by Crippen LogP contribution is 2.27. The summed E-state index contributed by atoms with van der Waals surface area (Å²) in [4.78, 5) is 18.3. The lowest BCUT2D eigenvalue weighted by molar-refractivity contribution is -0.136. The maximum atomic E-state index is 12.4. The number of amides is 1. The van der Waals surface area contributed by atoms with Crippen LogP contribution in [0.15, 0.2) is 24.5 Å². The van der Waals surface area contributed by atoms with Gasteiger partial charge in [0.2, 0.25) is 5.91 Å². The molecule has 1 aliphatic heterocycles. The van der Waals surface area contributed by atoms with Crippen molar-refractivity contribution in [3.8, 4) is 11.4 Å². The first-order valence-corrected chi connectivity index (χ1v) is 6.85. The summed E-state index contributed by atoms with van der Waals surface area (Å²) in [5.41, 5.74) is 0.933. The molecule has 6 heteroatoms. The number of hydrogen-bond acceptors (Lipinski definition) is 4. The van der Waals surface area contributed by atoms with Gasteiger partial charge >= 0.3 is 0 Å². The Labute approximate surface area is 117 Å². The molecule has 0 aliphatic carbocycles. The number of carbonyl (C=O) groups excluding carboxylic acids is 1. The maximum Gasteiger partial charge on any atom is 0.245 e. The van der Waals surface area contributed by atoms with Gasteiger partial charge in [0.1, 0.15) is 6.04 Å². The van der Waals surface area contributed by atoms with E-state index in [1.54, 1.807) is 12.4 Å². The highest BCUT2D eigenvalue weighted by atomic mass is 16.2. The first-order chi connectivity index (χ1) is 9.72. The van der Waals surface area contributed by atoms with Crippen LogP contribution in [0.25, 0.3) is 11.4 Å². The van der Waals surface area contributed by atoms with Crippen LogP contribution in [0.3, 0.4) is 0 Å². The third-order valence-corrected chi connectivity index (χ3v) is 3.59. The molecule has 0 saturated carbocycles. The van der Waals surface area contributed by atoms with Crippen LogP contribution in [-0.4, -0.2) is 37.1 Å². The van der Waals surface area contributed by atoms with E-state index in [0.717, 1.165) is 30.2 Å². The zero-order chi connectivity index (χ0) is 14.1. The summed E-state index contributed by atoms with van der Waals surface area (Å²) in [6, 6.07) is 3.50. The molecule has 1 aliphatic rings. The second-order valence-corrected chi connectivity index (χ2v) is 4.98. The summed E-state index contributed by atoms with van der Waals surface area (Å²) in [6.45, 7) is 5.27. The molecule has 6 nitrogen and oxygen atoms in total. The molecule has 0 spiro atoms. The van der Waals surface area contributed by atoms with E-state index in [0.29, 0.717) is 6.54 Å². The van der Waals surface area contributed by atoms with Gasteiger partial charge in [0.25, 0.3) is 0 Å². The number of hydrogen-bond donors (Lipinski definition) is 0. The lowest BCUT2D eigenvalue weighted by Gasteiger charge is -2.31. The summed E-state index contributed by atoms with van der Waals surface area (Å²) >= 11 is 0. The number of pyridine rings is 1. The molecular formula is C14H17N5O. The highest BCUT2D eigenvalue weighted by Gasteiger charge is 2.32. The number of rotatable bonds is 3. The molecule has 20 heavy (non-hydrogen) atoms. The summed E-state index contributed by atoms with van der Waals surface area (Å²) in [6.07, 6.45) is 4.38. The summed E-state index contributed by atoms with van der Waals surface area (Å²) in [5, 5.41) is 8.50. The normalized spacial score (nSPS) is 18.2. The third-order valence-electron chi connectivity index (χ3n) is 3.59. The van der Waals surface area contributed by atoms with Crippen molar-refractivity contribution >= 4 is 5.91 Å². The SMILES string of the molecule is CCCN1Cc2nnc(-c3ccncc3)n2[C@H](C)C1=O. The van der Waals surface area contributed by atoms with Crippen molar-refractivity contribution < 1.29 is 4.79 Å². The van der Waals surface area contributed by atoms with Crippen molar-refractivity contribution in [1.82, 2.24) is 24.6 Å². The molecule has 3 rings (SSSR count). The first kappa shape index (κ1) is 12.8. The number of carbonyl (C=O) groups is 1. The van der Waals surface area contributed by atoms with Gasteiger partial charge in [-0.25, -0.2) is 0 Å². The summed E-state index contributed by atoms with van der Waals surface area (Å²) in [7, 11) is 0. The minimum atomic E-state index is -0.261. The number of nitrogens with zero attached hydrogens (tertiary/aromatic N) is 5. The Morgan fingerprint density at radius 2 is 2.05 bits per heavy atom. The molecule has 0 radical (unpaired) electrons. The Bertz CT molecular complexity index is 622. The van der Waals surface area contributed by atoms with Crippen LogP contribution in [0.1, 0.15) is 32.1 Å². The van der Waals surface area contributed by atoms with Crippen LogP contribution < -0.4 is 0 Å². The van der Waals surface area contributed by atoms with Crippen LogP contribution in [0.4, 0.5) is 0 Å². The van der Waals surface area contributed by atoms with Gasteiger partial charge in [-0.1, -0.05) is 6.92 Å². The Kier molecular flexibility index (Phi) is 3.22. The van der Waals surface area contributed by atoms with Crippen molar-refractivity contribution in [3.63, 3.8) is 0 Å². The quantitative estimate of drug-likeness (QED) is 0.851. The van der Waals surface area contributed by atoms with Gasteiger partial charge in [-0.3, -0.25) is 14.3 Å². The van der Waals surface area contributed by atoms with Gasteiger partial charge in [0, 0.05) is 24.5 Å². The van der Waals surface area contributed by atoms with Crippen LogP contribution in [0.2, 0.25) is 0 Å². The molecule has 0 saturated heterocycles. The first-order valence-electron chi connectivity index (χ1n) is 6.85. The second kappa shape index (κ2) is 5.03. The van der Waals surface area contributed by atoms with Crippen molar-refractivity contribution in [2.24, 2.45) is 0 Å². The Morgan fingerprint density at radius 1 is 1.30 bits per heavy atom. The van der Waals surface area contributed by atoms with E-state index in [2.05, 4.69) is 22.1 Å². The van der Waals surface area contributed by atoms with Gasteiger partial charge in [0.15, 0.2) is 11.6 Å². The minimum absolute atomic E-state index is 0.134. The van der Waals surface area contributed by atoms with Gasteiger partial charge in [-0.15, -0.1) is 10.2 Å². The van der Waals surface area contributed by atoms with Crippen LogP contribution in [0, 0.1) is 0 Å². The minimum Gasteiger partial charge on any atom is -0.333 e. The predicted octanol–water partition coefficient (Wildman–Crippen LogP) is 1.65. The smallest absolute Gasteiger partial charge is 0.245 e. The summed E-state index contributed by atoms with van der Waals surface area (Å²) in [5.74, 6) is 1.71. The molecule has 1 atom stereocenters. The molecule has 0 bridgehead atoms. The standard InChI is InChI=1S/C14H17N5O/c1-3-8-18-9-12-16-17-13(11-4-6-15-7-5-11)19(12)10(2)14(18)20/h4-7,10H,3,8-9H2,1-2H3/t10-/m1/s1. The zero-order valence-electron chi connectivity index (χ0n) is 11.7. The number of aromatic nitrogens is 4. The molecule has 1 amide bonds. The summed E-state index contributed by atoms with van der Waals surface area (Å²) < 4.78 is 1.93. The molecule has 2 aromatic rings. The fourth-order valence-corrected chi connectivity index (χ4v) is 2.62. The van der Waals surface area contributed by atoms with E-state index in [9.17, 15) is 4.79 Å². The van der Waals surface area contributed by atoms with Crippen molar-refractivity contribution in [2.45, 2.75) is 32.9 Å². The van der Waals surface area contributed by atoms with E-state index < -0.39 is 0 Å². The van der Waals surface area contributed by atoms with E-state index in [1.165, 1.54) is 0 Å². The van der Waals surface area contributed by atoms with Gasteiger partial charge in [-0.05, 0) is 25.5 Å². The lowest BCUT2D eigenvalue weighted by Crippen LogP contribution is -2.42. The average Bonchev–Trinajstić information content (AvgIpc) is 2.89. The van der Waals surface area contributed by atoms with Gasteiger partial charge < -0.3 is 4.90 Å². The fourth-order valence-electron chi connectivity index (χ4n) is 2.62. The van der Waals surface area contributed by atoms with Crippen LogP contribution >= 0.6 is 0 Å². The van der Waals surface area contributed by atoms with E-state index in [1.807, 2.05) is 28.5 Å². The Morgan fingerprint density at radius 3 is 2.75 bits per heavy atom.